The molecule has 0 saturated heterocycles. The van der Waals surface area contributed by atoms with E-state index in [1.165, 1.54) is 21.4 Å². The van der Waals surface area contributed by atoms with Gasteiger partial charge in [0, 0.05) is 0 Å². The first kappa shape index (κ1) is 11.6. The van der Waals surface area contributed by atoms with Crippen LogP contribution in [0.1, 0.15) is 20.8 Å². The maximum atomic E-state index is 3.83. The standard InChI is InChI=1S/C12H21GeN/c1-4-13(5-2,6-3)14-12-10-8-7-9-11-12/h7-11,14H,4-6H2,1-3H3. The molecule has 1 N–H and O–H groups in total. The SMILES string of the molecule is C[CH2][Ge]([CH2]C)([CH2]C)[NH]c1ccccc1. The van der Waals surface area contributed by atoms with Gasteiger partial charge in [0.25, 0.3) is 0 Å². The van der Waals surface area contributed by atoms with Crippen LogP contribution in [0, 0.1) is 0 Å². The second-order valence-electron chi connectivity index (χ2n) is 3.83. The van der Waals surface area contributed by atoms with E-state index in [1.54, 1.807) is 0 Å². The fraction of sp³-hybridized carbons (Fsp3) is 0.500. The zero-order valence-electron chi connectivity index (χ0n) is 9.51. The van der Waals surface area contributed by atoms with Crippen LogP contribution in [0.2, 0.25) is 15.8 Å². The average Bonchev–Trinajstić information content (AvgIpc) is 2.28. The van der Waals surface area contributed by atoms with Crippen molar-refractivity contribution in [3.8, 4) is 0 Å². The molecule has 1 nitrogen and oxygen atoms in total. The molecule has 78 valence electrons. The summed E-state index contributed by atoms with van der Waals surface area (Å²) in [6, 6.07) is 10.7. The van der Waals surface area contributed by atoms with Gasteiger partial charge < -0.3 is 0 Å². The molecule has 1 aromatic carbocycles. The molecular weight excluding hydrogens is 231 g/mol. The molecule has 0 unspecified atom stereocenters. The minimum atomic E-state index is -1.73. The zero-order valence-corrected chi connectivity index (χ0v) is 11.6. The van der Waals surface area contributed by atoms with Crippen LogP contribution >= 0.6 is 0 Å². The number of rotatable bonds is 5. The van der Waals surface area contributed by atoms with Gasteiger partial charge in [-0.05, 0) is 0 Å². The second kappa shape index (κ2) is 5.45. The molecule has 0 aromatic heterocycles. The van der Waals surface area contributed by atoms with E-state index in [4.69, 9.17) is 0 Å². The van der Waals surface area contributed by atoms with Gasteiger partial charge in [-0.15, -0.1) is 0 Å². The molecule has 0 bridgehead atoms. The van der Waals surface area contributed by atoms with Gasteiger partial charge in [-0.25, -0.2) is 0 Å². The van der Waals surface area contributed by atoms with Crippen molar-refractivity contribution < 1.29 is 0 Å². The van der Waals surface area contributed by atoms with Crippen molar-refractivity contribution in [2.45, 2.75) is 36.5 Å². The third kappa shape index (κ3) is 2.77. The Morgan fingerprint density at radius 1 is 0.929 bits per heavy atom. The summed E-state index contributed by atoms with van der Waals surface area (Å²) in [5.74, 6) is 0. The Hall–Kier alpha value is -0.437. The second-order valence-corrected chi connectivity index (χ2v) is 14.2. The van der Waals surface area contributed by atoms with Crippen LogP contribution < -0.4 is 4.27 Å². The fourth-order valence-electron chi connectivity index (χ4n) is 1.84. The van der Waals surface area contributed by atoms with Crippen LogP contribution in [0.5, 0.6) is 0 Å². The summed E-state index contributed by atoms with van der Waals surface area (Å²) < 4.78 is 3.83. The molecule has 0 saturated carbocycles. The first-order chi connectivity index (χ1) is 6.76. The van der Waals surface area contributed by atoms with E-state index in [0.717, 1.165) is 0 Å². The third-order valence-corrected chi connectivity index (χ3v) is 13.5. The maximum absolute atomic E-state index is 3.83. The van der Waals surface area contributed by atoms with Gasteiger partial charge in [0.15, 0.2) is 0 Å². The Morgan fingerprint density at radius 3 is 1.86 bits per heavy atom. The number of anilines is 1. The molecule has 0 aliphatic rings. The predicted molar refractivity (Wildman–Crippen MR) is 67.3 cm³/mol. The van der Waals surface area contributed by atoms with Crippen LogP contribution in [0.3, 0.4) is 0 Å². The van der Waals surface area contributed by atoms with Gasteiger partial charge in [0.05, 0.1) is 0 Å². The molecule has 0 fully saturated rings. The summed E-state index contributed by atoms with van der Waals surface area (Å²) in [6.07, 6.45) is 0. The molecule has 0 radical (unpaired) electrons. The summed E-state index contributed by atoms with van der Waals surface area (Å²) in [4.78, 5) is 0. The number of nitrogens with one attached hydrogen (secondary N) is 1. The number of benzene rings is 1. The van der Waals surface area contributed by atoms with Crippen LogP contribution in [-0.2, 0) is 0 Å². The van der Waals surface area contributed by atoms with Crippen LogP contribution in [0.4, 0.5) is 5.69 Å². The van der Waals surface area contributed by atoms with Crippen molar-refractivity contribution in [1.82, 2.24) is 0 Å². The predicted octanol–water partition coefficient (Wildman–Crippen LogP) is 4.10. The van der Waals surface area contributed by atoms with Crippen molar-refractivity contribution in [2.24, 2.45) is 0 Å². The molecule has 0 aliphatic heterocycles. The van der Waals surface area contributed by atoms with Crippen molar-refractivity contribution in [1.29, 1.82) is 0 Å². The summed E-state index contributed by atoms with van der Waals surface area (Å²) in [7, 11) is 0. The Balaban J connectivity index is 2.74. The number of para-hydroxylation sites is 1. The summed E-state index contributed by atoms with van der Waals surface area (Å²) in [5.41, 5.74) is 1.32. The summed E-state index contributed by atoms with van der Waals surface area (Å²) >= 11 is -1.73. The molecule has 1 rings (SSSR count). The Morgan fingerprint density at radius 2 is 1.43 bits per heavy atom. The fourth-order valence-corrected chi connectivity index (χ4v) is 7.74. The van der Waals surface area contributed by atoms with Gasteiger partial charge in [-0.1, -0.05) is 0 Å². The molecule has 0 amide bonds. The number of hydrogen-bond acceptors (Lipinski definition) is 1. The van der Waals surface area contributed by atoms with E-state index in [1.807, 2.05) is 0 Å². The van der Waals surface area contributed by atoms with Gasteiger partial charge in [-0.3, -0.25) is 0 Å². The average molecular weight is 252 g/mol. The van der Waals surface area contributed by atoms with Gasteiger partial charge >= 0.3 is 90.3 Å². The van der Waals surface area contributed by atoms with E-state index < -0.39 is 13.5 Å². The Bertz CT molecular complexity index is 246. The molecule has 1 aromatic rings. The molecule has 0 heterocycles. The van der Waals surface area contributed by atoms with Crippen molar-refractivity contribution in [3.05, 3.63) is 30.3 Å². The minimum absolute atomic E-state index is 1.32. The van der Waals surface area contributed by atoms with E-state index in [9.17, 15) is 0 Å². The Labute approximate surface area is 90.5 Å². The normalized spacial score (nSPS) is 11.4. The third-order valence-electron chi connectivity index (χ3n) is 3.21. The van der Waals surface area contributed by atoms with Crippen molar-refractivity contribution >= 4 is 19.2 Å². The van der Waals surface area contributed by atoms with Gasteiger partial charge in [0.2, 0.25) is 0 Å². The van der Waals surface area contributed by atoms with E-state index >= 15 is 0 Å². The van der Waals surface area contributed by atoms with Gasteiger partial charge in [0.1, 0.15) is 0 Å². The number of hydrogen-bond donors (Lipinski definition) is 1. The molecule has 0 aliphatic carbocycles. The van der Waals surface area contributed by atoms with Crippen molar-refractivity contribution in [3.63, 3.8) is 0 Å². The first-order valence-electron chi connectivity index (χ1n) is 5.59. The van der Waals surface area contributed by atoms with Gasteiger partial charge in [-0.2, -0.15) is 0 Å². The summed E-state index contributed by atoms with van der Waals surface area (Å²) in [5, 5.41) is 4.09. The monoisotopic (exact) mass is 253 g/mol. The molecule has 14 heavy (non-hydrogen) atoms. The summed E-state index contributed by atoms with van der Waals surface area (Å²) in [6.45, 7) is 7.01. The molecule has 0 spiro atoms. The Kier molecular flexibility index (Phi) is 4.53. The van der Waals surface area contributed by atoms with E-state index in [2.05, 4.69) is 55.4 Å². The zero-order chi connectivity index (χ0) is 10.4. The van der Waals surface area contributed by atoms with E-state index in [0.29, 0.717) is 0 Å². The van der Waals surface area contributed by atoms with Crippen LogP contribution in [0.15, 0.2) is 30.3 Å². The van der Waals surface area contributed by atoms with Crippen molar-refractivity contribution in [2.75, 3.05) is 4.27 Å². The molecule has 2 heteroatoms. The quantitative estimate of drug-likeness (QED) is 0.777. The van der Waals surface area contributed by atoms with Crippen LogP contribution in [0.25, 0.3) is 0 Å². The molecular formula is C12H21GeN. The van der Waals surface area contributed by atoms with E-state index in [-0.39, 0.29) is 0 Å². The topological polar surface area (TPSA) is 12.0 Å². The van der Waals surface area contributed by atoms with Crippen LogP contribution in [-0.4, -0.2) is 13.5 Å². The first-order valence-corrected chi connectivity index (χ1v) is 11.1. The molecule has 0 atom stereocenters.